The van der Waals surface area contributed by atoms with Crippen LogP contribution in [0.1, 0.15) is 51.0 Å². The van der Waals surface area contributed by atoms with Gasteiger partial charge in [-0.25, -0.2) is 4.79 Å². The summed E-state index contributed by atoms with van der Waals surface area (Å²) in [4.78, 5) is 28.9. The number of hydrogen-bond donors (Lipinski definition) is 2. The molecule has 0 radical (unpaired) electrons. The van der Waals surface area contributed by atoms with Crippen molar-refractivity contribution in [3.05, 3.63) is 29.8 Å². The average molecular weight is 403 g/mol. The Balaban J connectivity index is 1.91. The average Bonchev–Trinajstić information content (AvgIpc) is 2.71. The molecule has 0 heterocycles. The van der Waals surface area contributed by atoms with Crippen LogP contribution in [0.4, 0.5) is 10.5 Å². The van der Waals surface area contributed by atoms with Crippen molar-refractivity contribution in [3.8, 4) is 0 Å². The molecule has 6 heteroatoms. The highest BCUT2D eigenvalue weighted by Crippen LogP contribution is 2.24. The van der Waals surface area contributed by atoms with Gasteiger partial charge in [-0.1, -0.05) is 38.3 Å². The van der Waals surface area contributed by atoms with Crippen molar-refractivity contribution in [1.82, 2.24) is 15.1 Å². The molecule has 6 nitrogen and oxygen atoms in total. The van der Waals surface area contributed by atoms with Crippen LogP contribution in [-0.2, 0) is 11.2 Å². The second-order valence-electron chi connectivity index (χ2n) is 8.40. The fraction of sp³-hybridized carbons (Fsp3) is 0.652. The van der Waals surface area contributed by atoms with Gasteiger partial charge in [0.1, 0.15) is 0 Å². The molecule has 162 valence electrons. The molecule has 0 bridgehead atoms. The Hall–Kier alpha value is -2.08. The van der Waals surface area contributed by atoms with Crippen molar-refractivity contribution in [3.63, 3.8) is 0 Å². The minimum atomic E-state index is -0.196. The number of hydrogen-bond acceptors (Lipinski definition) is 3. The molecule has 1 saturated carbocycles. The molecular formula is C23H38N4O2. The predicted molar refractivity (Wildman–Crippen MR) is 119 cm³/mol. The van der Waals surface area contributed by atoms with E-state index in [1.807, 2.05) is 45.3 Å². The first-order valence-corrected chi connectivity index (χ1v) is 11.0. The van der Waals surface area contributed by atoms with Crippen LogP contribution < -0.4 is 10.6 Å². The van der Waals surface area contributed by atoms with Crippen molar-refractivity contribution in [2.75, 3.05) is 45.6 Å². The molecular weight excluding hydrogens is 364 g/mol. The van der Waals surface area contributed by atoms with Gasteiger partial charge in [0.2, 0.25) is 5.91 Å². The summed E-state index contributed by atoms with van der Waals surface area (Å²) in [5.74, 6) is 0.835. The zero-order valence-electron chi connectivity index (χ0n) is 18.4. The summed E-state index contributed by atoms with van der Waals surface area (Å²) >= 11 is 0. The molecule has 29 heavy (non-hydrogen) atoms. The van der Waals surface area contributed by atoms with E-state index in [-0.39, 0.29) is 11.9 Å². The number of likely N-dealkylation sites (N-methyl/N-ethyl adjacent to an activating group) is 1. The molecule has 0 atom stereocenters. The van der Waals surface area contributed by atoms with Gasteiger partial charge in [-0.05, 0) is 57.0 Å². The normalized spacial score (nSPS) is 14.6. The molecule has 0 spiro atoms. The highest BCUT2D eigenvalue weighted by Gasteiger charge is 2.21. The summed E-state index contributed by atoms with van der Waals surface area (Å²) in [7, 11) is 4.09. The lowest BCUT2D eigenvalue weighted by molar-refractivity contribution is -0.131. The smallest absolute Gasteiger partial charge is 0.319 e. The van der Waals surface area contributed by atoms with Crippen LogP contribution in [-0.4, -0.2) is 62.0 Å². The lowest BCUT2D eigenvalue weighted by Crippen LogP contribution is -2.41. The SMILES string of the molecule is CCCNC(=O)Nc1ccc(CC(=O)N(CCN(C)C)CC2CCCCC2)cc1. The lowest BCUT2D eigenvalue weighted by atomic mass is 9.89. The largest absolute Gasteiger partial charge is 0.341 e. The Morgan fingerprint density at radius 2 is 1.72 bits per heavy atom. The van der Waals surface area contributed by atoms with Gasteiger partial charge in [-0.3, -0.25) is 4.79 Å². The second-order valence-corrected chi connectivity index (χ2v) is 8.40. The maximum absolute atomic E-state index is 13.0. The van der Waals surface area contributed by atoms with E-state index in [4.69, 9.17) is 0 Å². The van der Waals surface area contributed by atoms with Gasteiger partial charge in [-0.2, -0.15) is 0 Å². The molecule has 0 aromatic heterocycles. The zero-order chi connectivity index (χ0) is 21.1. The molecule has 0 aliphatic heterocycles. The van der Waals surface area contributed by atoms with E-state index in [9.17, 15) is 9.59 Å². The Kier molecular flexibility index (Phi) is 9.98. The Bertz CT molecular complexity index is 624. The summed E-state index contributed by atoms with van der Waals surface area (Å²) in [5, 5.41) is 5.61. The number of amides is 3. The number of nitrogens with zero attached hydrogens (tertiary/aromatic N) is 2. The zero-order valence-corrected chi connectivity index (χ0v) is 18.4. The van der Waals surface area contributed by atoms with Gasteiger partial charge in [0.25, 0.3) is 0 Å². The van der Waals surface area contributed by atoms with E-state index in [0.29, 0.717) is 18.9 Å². The van der Waals surface area contributed by atoms with Crippen LogP contribution in [0.25, 0.3) is 0 Å². The molecule has 1 aliphatic rings. The minimum absolute atomic E-state index is 0.193. The van der Waals surface area contributed by atoms with E-state index in [0.717, 1.165) is 37.3 Å². The van der Waals surface area contributed by atoms with Crippen LogP contribution in [0.15, 0.2) is 24.3 Å². The Morgan fingerprint density at radius 1 is 1.03 bits per heavy atom. The number of benzene rings is 1. The van der Waals surface area contributed by atoms with Crippen molar-refractivity contribution >= 4 is 17.6 Å². The second kappa shape index (κ2) is 12.5. The van der Waals surface area contributed by atoms with Crippen LogP contribution in [0.5, 0.6) is 0 Å². The highest BCUT2D eigenvalue weighted by atomic mass is 16.2. The highest BCUT2D eigenvalue weighted by molar-refractivity contribution is 5.89. The maximum atomic E-state index is 13.0. The third-order valence-electron chi connectivity index (χ3n) is 5.48. The van der Waals surface area contributed by atoms with E-state index in [2.05, 4.69) is 20.4 Å². The molecule has 1 aliphatic carbocycles. The third kappa shape index (κ3) is 8.86. The van der Waals surface area contributed by atoms with Gasteiger partial charge in [0.15, 0.2) is 0 Å². The van der Waals surface area contributed by atoms with E-state index in [1.54, 1.807) is 0 Å². The molecule has 2 N–H and O–H groups in total. The lowest BCUT2D eigenvalue weighted by Gasteiger charge is -2.31. The number of rotatable bonds is 10. The van der Waals surface area contributed by atoms with Crippen molar-refractivity contribution in [2.45, 2.75) is 51.9 Å². The summed E-state index contributed by atoms with van der Waals surface area (Å²) < 4.78 is 0. The molecule has 1 aromatic rings. The van der Waals surface area contributed by atoms with Gasteiger partial charge in [-0.15, -0.1) is 0 Å². The van der Waals surface area contributed by atoms with Gasteiger partial charge >= 0.3 is 6.03 Å². The summed E-state index contributed by atoms with van der Waals surface area (Å²) in [6, 6.07) is 7.38. The molecule has 0 saturated heterocycles. The van der Waals surface area contributed by atoms with Gasteiger partial charge in [0.05, 0.1) is 6.42 Å². The van der Waals surface area contributed by atoms with Crippen molar-refractivity contribution < 1.29 is 9.59 Å². The predicted octanol–water partition coefficient (Wildman–Crippen LogP) is 3.73. The fourth-order valence-electron chi connectivity index (χ4n) is 3.73. The first-order chi connectivity index (χ1) is 14.0. The molecule has 2 rings (SSSR count). The number of carbonyl (C=O) groups is 2. The number of anilines is 1. The standard InChI is InChI=1S/C23H38N4O2/c1-4-14-24-23(29)25-21-12-10-19(11-13-21)17-22(28)27(16-15-26(2)3)18-20-8-6-5-7-9-20/h10-13,20H,4-9,14-18H2,1-3H3,(H2,24,25,29). The van der Waals surface area contributed by atoms with Crippen molar-refractivity contribution in [1.29, 1.82) is 0 Å². The summed E-state index contributed by atoms with van der Waals surface area (Å²) in [6.45, 7) is 5.21. The monoisotopic (exact) mass is 402 g/mol. The van der Waals surface area contributed by atoms with Crippen molar-refractivity contribution in [2.24, 2.45) is 5.92 Å². The van der Waals surface area contributed by atoms with Gasteiger partial charge < -0.3 is 20.4 Å². The Morgan fingerprint density at radius 3 is 2.34 bits per heavy atom. The number of urea groups is 1. The van der Waals surface area contributed by atoms with Crippen LogP contribution in [0.2, 0.25) is 0 Å². The quantitative estimate of drug-likeness (QED) is 0.627. The molecule has 1 fully saturated rings. The van der Waals surface area contributed by atoms with Crippen LogP contribution >= 0.6 is 0 Å². The molecule has 0 unspecified atom stereocenters. The topological polar surface area (TPSA) is 64.7 Å². The Labute approximate surface area is 176 Å². The van der Waals surface area contributed by atoms with E-state index in [1.165, 1.54) is 32.1 Å². The molecule has 1 aromatic carbocycles. The maximum Gasteiger partial charge on any atom is 0.319 e. The van der Waals surface area contributed by atoms with Gasteiger partial charge in [0, 0.05) is 31.9 Å². The first kappa shape index (κ1) is 23.2. The first-order valence-electron chi connectivity index (χ1n) is 11.0. The van der Waals surface area contributed by atoms with E-state index < -0.39 is 0 Å². The summed E-state index contributed by atoms with van der Waals surface area (Å²) in [5.41, 5.74) is 1.72. The number of carbonyl (C=O) groups excluding carboxylic acids is 2. The number of nitrogens with one attached hydrogen (secondary N) is 2. The van der Waals surface area contributed by atoms with E-state index >= 15 is 0 Å². The van der Waals surface area contributed by atoms with Crippen LogP contribution in [0, 0.1) is 5.92 Å². The van der Waals surface area contributed by atoms with Crippen LogP contribution in [0.3, 0.4) is 0 Å². The molecule has 3 amide bonds. The summed E-state index contributed by atoms with van der Waals surface area (Å²) in [6.07, 6.45) is 7.71. The minimum Gasteiger partial charge on any atom is -0.341 e. The third-order valence-corrected chi connectivity index (χ3v) is 5.48. The fourth-order valence-corrected chi connectivity index (χ4v) is 3.73.